The Kier molecular flexibility index (Phi) is 4.34. The van der Waals surface area contributed by atoms with Crippen LogP contribution >= 0.6 is 11.8 Å². The topological polar surface area (TPSA) is 26.5 Å². The number of benzene rings is 2. The van der Waals surface area contributed by atoms with E-state index in [4.69, 9.17) is 0 Å². The van der Waals surface area contributed by atoms with Crippen LogP contribution in [0.15, 0.2) is 48.5 Å². The zero-order valence-electron chi connectivity index (χ0n) is 14.9. The molecule has 3 nitrogen and oxygen atoms in total. The highest BCUT2D eigenvalue weighted by atomic mass is 32.2. The van der Waals surface area contributed by atoms with E-state index in [2.05, 4.69) is 71.9 Å². The molecule has 0 aliphatic carbocycles. The van der Waals surface area contributed by atoms with Gasteiger partial charge in [0.15, 0.2) is 6.54 Å². The molecule has 0 unspecified atom stereocenters. The molecule has 2 aromatic rings. The number of nitrogens with zero attached hydrogens (tertiary/aromatic N) is 2. The smallest absolute Gasteiger partial charge is 0.316 e. The zero-order valence-corrected chi connectivity index (χ0v) is 15.7. The molecule has 0 amide bonds. The summed E-state index contributed by atoms with van der Waals surface area (Å²) in [5.41, 5.74) is 3.74. The van der Waals surface area contributed by atoms with Crippen LogP contribution < -0.4 is 4.90 Å². The molecule has 0 aromatic heterocycles. The second-order valence-electron chi connectivity index (χ2n) is 6.93. The summed E-state index contributed by atoms with van der Waals surface area (Å²) in [4.78, 5) is 2.28. The molecule has 0 fully saturated rings. The number of aryl methyl sites for hydroxylation is 2. The number of rotatable bonds is 3. The highest BCUT2D eigenvalue weighted by Crippen LogP contribution is 2.37. The largest absolute Gasteiger partial charge is 0.346 e. The Morgan fingerprint density at radius 1 is 1.12 bits per heavy atom. The van der Waals surface area contributed by atoms with Crippen molar-refractivity contribution in [3.05, 3.63) is 65.2 Å². The van der Waals surface area contributed by atoms with Crippen LogP contribution in [0.5, 0.6) is 0 Å². The van der Waals surface area contributed by atoms with E-state index in [1.165, 1.54) is 16.3 Å². The summed E-state index contributed by atoms with van der Waals surface area (Å²) in [7, 11) is 0. The molecule has 2 aromatic carbocycles. The minimum Gasteiger partial charge on any atom is -0.346 e. The SMILES string of the molecule is CCc1ccc(N2C[C@@](O)(c3ccc(C)cc3)[N+]3=C2SCCC3)cc1. The van der Waals surface area contributed by atoms with Crippen LogP contribution in [0.25, 0.3) is 0 Å². The van der Waals surface area contributed by atoms with Crippen molar-refractivity contribution in [1.82, 2.24) is 0 Å². The third kappa shape index (κ3) is 2.87. The molecule has 25 heavy (non-hydrogen) atoms. The van der Waals surface area contributed by atoms with Crippen molar-refractivity contribution in [3.63, 3.8) is 0 Å². The molecular formula is C21H25N2OS+. The van der Waals surface area contributed by atoms with Gasteiger partial charge in [-0.1, -0.05) is 48.9 Å². The Balaban J connectivity index is 1.75. The van der Waals surface area contributed by atoms with Crippen LogP contribution in [0, 0.1) is 6.92 Å². The molecule has 0 bridgehead atoms. The van der Waals surface area contributed by atoms with E-state index < -0.39 is 5.72 Å². The van der Waals surface area contributed by atoms with Crippen molar-refractivity contribution in [2.24, 2.45) is 0 Å². The lowest BCUT2D eigenvalue weighted by Crippen LogP contribution is -2.41. The van der Waals surface area contributed by atoms with Gasteiger partial charge in [0.2, 0.25) is 0 Å². The van der Waals surface area contributed by atoms with E-state index >= 15 is 0 Å². The maximum atomic E-state index is 11.6. The molecule has 1 atom stereocenters. The fourth-order valence-corrected chi connectivity index (χ4v) is 4.86. The van der Waals surface area contributed by atoms with E-state index in [0.717, 1.165) is 36.4 Å². The van der Waals surface area contributed by atoms with Crippen LogP contribution in [0.3, 0.4) is 0 Å². The first-order valence-electron chi connectivity index (χ1n) is 9.05. The quantitative estimate of drug-likeness (QED) is 0.852. The maximum absolute atomic E-state index is 11.6. The molecule has 0 saturated heterocycles. The van der Waals surface area contributed by atoms with Gasteiger partial charge in [-0.3, -0.25) is 0 Å². The van der Waals surface area contributed by atoms with Crippen LogP contribution in [0.1, 0.15) is 30.0 Å². The summed E-state index contributed by atoms with van der Waals surface area (Å²) in [5.74, 6) is 1.11. The van der Waals surface area contributed by atoms with E-state index in [9.17, 15) is 5.11 Å². The first-order chi connectivity index (χ1) is 12.1. The van der Waals surface area contributed by atoms with E-state index in [1.807, 2.05) is 11.8 Å². The summed E-state index contributed by atoms with van der Waals surface area (Å²) >= 11 is 1.86. The van der Waals surface area contributed by atoms with Gasteiger partial charge in [-0.15, -0.1) is 0 Å². The number of β-amino-alcohol motifs (C(OH)–C–C–N with tert-alkyl or cyclic N) is 1. The van der Waals surface area contributed by atoms with Crippen LogP contribution in [0.2, 0.25) is 0 Å². The predicted molar refractivity (Wildman–Crippen MR) is 105 cm³/mol. The number of hydrogen-bond donors (Lipinski definition) is 1. The molecule has 4 heteroatoms. The van der Waals surface area contributed by atoms with Crippen molar-refractivity contribution in [2.75, 3.05) is 23.7 Å². The highest BCUT2D eigenvalue weighted by Gasteiger charge is 2.53. The van der Waals surface area contributed by atoms with Crippen LogP contribution in [-0.4, -0.2) is 33.7 Å². The van der Waals surface area contributed by atoms with Crippen molar-refractivity contribution >= 4 is 22.6 Å². The second kappa shape index (κ2) is 6.50. The van der Waals surface area contributed by atoms with Gasteiger partial charge < -0.3 is 5.11 Å². The molecule has 0 spiro atoms. The number of aliphatic hydroxyl groups is 1. The van der Waals surface area contributed by atoms with E-state index in [1.54, 1.807) is 0 Å². The van der Waals surface area contributed by atoms with Crippen molar-refractivity contribution in [3.8, 4) is 0 Å². The summed E-state index contributed by atoms with van der Waals surface area (Å²) in [6.45, 7) is 5.73. The Bertz CT molecular complexity index is 798. The first-order valence-corrected chi connectivity index (χ1v) is 10.0. The standard InChI is InChI=1S/C21H25N2OS/c1-3-17-7-11-19(12-8-17)22-15-21(24,18-9-5-16(2)6-10-18)23-13-4-14-25-20(22)23/h5-12,24H,3-4,13-15H2,1-2H3/q+1/t21-/m1/s1. The average molecular weight is 354 g/mol. The number of hydrogen-bond acceptors (Lipinski definition) is 3. The fraction of sp³-hybridized carbons (Fsp3) is 0.381. The second-order valence-corrected chi connectivity index (χ2v) is 7.99. The first kappa shape index (κ1) is 16.7. The van der Waals surface area contributed by atoms with E-state index in [-0.39, 0.29) is 0 Å². The zero-order chi connectivity index (χ0) is 17.4. The lowest BCUT2D eigenvalue weighted by molar-refractivity contribution is -0.656. The lowest BCUT2D eigenvalue weighted by Gasteiger charge is -2.24. The normalized spacial score (nSPS) is 23.1. The minimum absolute atomic E-state index is 0.573. The van der Waals surface area contributed by atoms with Crippen molar-refractivity contribution in [2.45, 2.75) is 32.4 Å². The molecule has 130 valence electrons. The Morgan fingerprint density at radius 3 is 2.52 bits per heavy atom. The maximum Gasteiger partial charge on any atom is 0.316 e. The number of thioether (sulfide) groups is 1. The van der Waals surface area contributed by atoms with Gasteiger partial charge in [-0.05, 0) is 49.2 Å². The monoisotopic (exact) mass is 353 g/mol. The molecule has 4 rings (SSSR count). The Hall–Kier alpha value is -1.78. The minimum atomic E-state index is -0.958. The van der Waals surface area contributed by atoms with Gasteiger partial charge in [0.1, 0.15) is 5.69 Å². The average Bonchev–Trinajstić information content (AvgIpc) is 2.97. The molecule has 1 N–H and O–H groups in total. The molecule has 0 saturated carbocycles. The molecule has 2 aliphatic heterocycles. The third-order valence-electron chi connectivity index (χ3n) is 5.21. The Labute approximate surface area is 154 Å². The van der Waals surface area contributed by atoms with Gasteiger partial charge >= 0.3 is 5.17 Å². The van der Waals surface area contributed by atoms with Gasteiger partial charge in [0.05, 0.1) is 6.54 Å². The van der Waals surface area contributed by atoms with Gasteiger partial charge in [0, 0.05) is 11.3 Å². The third-order valence-corrected chi connectivity index (χ3v) is 6.41. The summed E-state index contributed by atoms with van der Waals surface area (Å²) in [5, 5.41) is 12.8. The van der Waals surface area contributed by atoms with Gasteiger partial charge in [-0.25, -0.2) is 9.48 Å². The number of amidine groups is 1. The molecular weight excluding hydrogens is 328 g/mol. The van der Waals surface area contributed by atoms with Crippen LogP contribution in [-0.2, 0) is 12.1 Å². The van der Waals surface area contributed by atoms with Crippen molar-refractivity contribution in [1.29, 1.82) is 0 Å². The number of anilines is 1. The van der Waals surface area contributed by atoms with Crippen molar-refractivity contribution < 1.29 is 9.68 Å². The highest BCUT2D eigenvalue weighted by molar-refractivity contribution is 8.13. The van der Waals surface area contributed by atoms with Gasteiger partial charge in [-0.2, -0.15) is 0 Å². The Morgan fingerprint density at radius 2 is 1.84 bits per heavy atom. The molecule has 2 aliphatic rings. The summed E-state index contributed by atoms with van der Waals surface area (Å²) in [6, 6.07) is 17.0. The molecule has 2 heterocycles. The molecule has 0 radical (unpaired) electrons. The van der Waals surface area contributed by atoms with Crippen LogP contribution in [0.4, 0.5) is 5.69 Å². The van der Waals surface area contributed by atoms with E-state index in [0.29, 0.717) is 6.54 Å². The lowest BCUT2D eigenvalue weighted by atomic mass is 10.0. The van der Waals surface area contributed by atoms with Gasteiger partial charge in [0.25, 0.3) is 5.72 Å². The summed E-state index contributed by atoms with van der Waals surface area (Å²) in [6.07, 6.45) is 2.15. The summed E-state index contributed by atoms with van der Waals surface area (Å²) < 4.78 is 2.19. The fourth-order valence-electron chi connectivity index (χ4n) is 3.68. The predicted octanol–water partition coefficient (Wildman–Crippen LogP) is 3.73.